The topological polar surface area (TPSA) is 45.3 Å². The molecule has 0 spiro atoms. The van der Waals surface area contributed by atoms with Gasteiger partial charge in [-0.2, -0.15) is 0 Å². The fourth-order valence-corrected chi connectivity index (χ4v) is 3.54. The number of hydrogen-bond donors (Lipinski definition) is 1. The number of halogens is 1. The fourth-order valence-electron chi connectivity index (χ4n) is 3.54. The predicted octanol–water partition coefficient (Wildman–Crippen LogP) is 3.37. The Kier molecular flexibility index (Phi) is 5.87. The minimum absolute atomic E-state index is 0.0823. The number of aromatic nitrogens is 1. The summed E-state index contributed by atoms with van der Waals surface area (Å²) in [6.07, 6.45) is 6.14. The van der Waals surface area contributed by atoms with Gasteiger partial charge in [0.1, 0.15) is 5.82 Å². The Hall–Kier alpha value is -2.14. The van der Waals surface area contributed by atoms with Gasteiger partial charge in [0, 0.05) is 31.0 Å². The molecular weight excluding hydrogens is 319 g/mol. The highest BCUT2D eigenvalue weighted by Crippen LogP contribution is 2.22. The lowest BCUT2D eigenvalue weighted by Crippen LogP contribution is -2.35. The summed E-state index contributed by atoms with van der Waals surface area (Å²) >= 11 is 0. The molecule has 1 aromatic carbocycles. The molecule has 2 heterocycles. The molecule has 1 N–H and O–H groups in total. The number of ether oxygens (including phenoxy) is 1. The number of pyridine rings is 1. The summed E-state index contributed by atoms with van der Waals surface area (Å²) < 4.78 is 18.0. The molecule has 4 nitrogen and oxygen atoms in total. The number of methoxy groups -OCH3 is 1. The zero-order valence-electron chi connectivity index (χ0n) is 14.6. The summed E-state index contributed by atoms with van der Waals surface area (Å²) in [5, 5.41) is 0. The van der Waals surface area contributed by atoms with Crippen molar-refractivity contribution in [2.45, 2.75) is 32.2 Å². The van der Waals surface area contributed by atoms with Gasteiger partial charge in [0.05, 0.1) is 7.11 Å². The number of likely N-dealkylation sites (tertiary alicyclic amines) is 1. The Labute approximate surface area is 147 Å². The monoisotopic (exact) mass is 344 g/mol. The molecule has 1 unspecified atom stereocenters. The lowest BCUT2D eigenvalue weighted by Gasteiger charge is -2.32. The number of aromatic amines is 1. The summed E-state index contributed by atoms with van der Waals surface area (Å²) in [5.74, 6) is 0.810. The van der Waals surface area contributed by atoms with E-state index in [1.807, 2.05) is 12.1 Å². The average Bonchev–Trinajstić information content (AvgIpc) is 2.62. The van der Waals surface area contributed by atoms with Crippen molar-refractivity contribution in [3.05, 3.63) is 63.8 Å². The van der Waals surface area contributed by atoms with Crippen LogP contribution in [0.2, 0.25) is 0 Å². The van der Waals surface area contributed by atoms with Gasteiger partial charge in [-0.15, -0.1) is 0 Å². The van der Waals surface area contributed by atoms with Crippen molar-refractivity contribution in [1.82, 2.24) is 9.88 Å². The summed E-state index contributed by atoms with van der Waals surface area (Å²) in [6.45, 7) is 2.85. The average molecular weight is 344 g/mol. The van der Waals surface area contributed by atoms with Gasteiger partial charge in [-0.25, -0.2) is 4.39 Å². The first-order valence-electron chi connectivity index (χ1n) is 8.86. The molecule has 134 valence electrons. The third-order valence-corrected chi connectivity index (χ3v) is 4.91. The van der Waals surface area contributed by atoms with E-state index in [1.165, 1.54) is 37.6 Å². The van der Waals surface area contributed by atoms with E-state index in [0.29, 0.717) is 11.7 Å². The van der Waals surface area contributed by atoms with E-state index in [-0.39, 0.29) is 11.2 Å². The van der Waals surface area contributed by atoms with Crippen LogP contribution in [-0.2, 0) is 13.0 Å². The third kappa shape index (κ3) is 4.92. The zero-order chi connectivity index (χ0) is 17.6. The minimum atomic E-state index is -0.180. The molecule has 3 rings (SSSR count). The van der Waals surface area contributed by atoms with Crippen molar-refractivity contribution in [2.24, 2.45) is 5.92 Å². The first-order chi connectivity index (χ1) is 12.1. The summed E-state index contributed by atoms with van der Waals surface area (Å²) in [4.78, 5) is 17.4. The predicted molar refractivity (Wildman–Crippen MR) is 96.3 cm³/mol. The Balaban J connectivity index is 1.53. The number of benzene rings is 1. The molecule has 0 saturated carbocycles. The van der Waals surface area contributed by atoms with Crippen LogP contribution in [0.4, 0.5) is 4.39 Å². The highest BCUT2D eigenvalue weighted by molar-refractivity contribution is 5.20. The van der Waals surface area contributed by atoms with Crippen LogP contribution in [0.5, 0.6) is 5.75 Å². The van der Waals surface area contributed by atoms with Gasteiger partial charge >= 0.3 is 0 Å². The lowest BCUT2D eigenvalue weighted by molar-refractivity contribution is 0.160. The van der Waals surface area contributed by atoms with Crippen molar-refractivity contribution in [2.75, 3.05) is 20.2 Å². The first-order valence-corrected chi connectivity index (χ1v) is 8.86. The second-order valence-electron chi connectivity index (χ2n) is 6.80. The van der Waals surface area contributed by atoms with Crippen molar-refractivity contribution in [3.63, 3.8) is 0 Å². The van der Waals surface area contributed by atoms with E-state index in [4.69, 9.17) is 4.74 Å². The smallest absolute Gasteiger partial charge is 0.223 e. The van der Waals surface area contributed by atoms with Gasteiger partial charge in [-0.1, -0.05) is 12.1 Å². The van der Waals surface area contributed by atoms with Crippen LogP contribution >= 0.6 is 0 Å². The number of nitrogens with zero attached hydrogens (tertiary/aromatic N) is 1. The maximum atomic E-state index is 13.0. The maximum Gasteiger partial charge on any atom is 0.223 e. The molecule has 0 aliphatic carbocycles. The van der Waals surface area contributed by atoms with E-state index in [9.17, 15) is 9.18 Å². The Morgan fingerprint density at radius 2 is 2.12 bits per heavy atom. The van der Waals surface area contributed by atoms with Gasteiger partial charge in [-0.05, 0) is 55.8 Å². The van der Waals surface area contributed by atoms with Crippen molar-refractivity contribution in [1.29, 1.82) is 0 Å². The number of H-pyrrole nitrogens is 1. The molecule has 1 aliphatic rings. The lowest BCUT2D eigenvalue weighted by atomic mass is 9.91. The Morgan fingerprint density at radius 3 is 2.84 bits per heavy atom. The number of hydrogen-bond acceptors (Lipinski definition) is 3. The van der Waals surface area contributed by atoms with Crippen LogP contribution in [0.1, 0.15) is 30.5 Å². The van der Waals surface area contributed by atoms with Crippen LogP contribution in [-0.4, -0.2) is 30.1 Å². The molecule has 0 amide bonds. The summed E-state index contributed by atoms with van der Waals surface area (Å²) in [5.41, 5.74) is 2.03. The molecule has 1 aromatic heterocycles. The van der Waals surface area contributed by atoms with Gasteiger partial charge in [0.15, 0.2) is 5.75 Å². The van der Waals surface area contributed by atoms with Crippen LogP contribution < -0.4 is 10.2 Å². The molecule has 1 fully saturated rings. The SMILES string of the molecule is COc1c[nH]c(CN2CCCC(CCc3ccc(F)cc3)C2)cc1=O. The fraction of sp³-hybridized carbons (Fsp3) is 0.450. The molecule has 5 heteroatoms. The third-order valence-electron chi connectivity index (χ3n) is 4.91. The molecule has 0 bridgehead atoms. The van der Waals surface area contributed by atoms with E-state index in [1.54, 1.807) is 12.3 Å². The first kappa shape index (κ1) is 17.7. The van der Waals surface area contributed by atoms with E-state index in [2.05, 4.69) is 9.88 Å². The molecule has 1 atom stereocenters. The molecule has 1 aliphatic heterocycles. The van der Waals surface area contributed by atoms with Crippen LogP contribution in [0, 0.1) is 11.7 Å². The van der Waals surface area contributed by atoms with E-state index >= 15 is 0 Å². The highest BCUT2D eigenvalue weighted by Gasteiger charge is 2.20. The summed E-state index contributed by atoms with van der Waals surface area (Å²) in [7, 11) is 1.50. The number of nitrogens with one attached hydrogen (secondary N) is 1. The number of piperidine rings is 1. The summed E-state index contributed by atoms with van der Waals surface area (Å²) in [6, 6.07) is 8.43. The second kappa shape index (κ2) is 8.30. The number of aryl methyl sites for hydroxylation is 1. The van der Waals surface area contributed by atoms with E-state index < -0.39 is 0 Å². The van der Waals surface area contributed by atoms with Crippen LogP contribution in [0.3, 0.4) is 0 Å². The zero-order valence-corrected chi connectivity index (χ0v) is 14.6. The molecule has 25 heavy (non-hydrogen) atoms. The highest BCUT2D eigenvalue weighted by atomic mass is 19.1. The largest absolute Gasteiger partial charge is 0.491 e. The minimum Gasteiger partial charge on any atom is -0.491 e. The van der Waals surface area contributed by atoms with Crippen molar-refractivity contribution >= 4 is 0 Å². The molecule has 1 saturated heterocycles. The normalized spacial score (nSPS) is 18.2. The van der Waals surface area contributed by atoms with Gasteiger partial charge in [0.2, 0.25) is 5.43 Å². The number of rotatable bonds is 6. The van der Waals surface area contributed by atoms with Crippen molar-refractivity contribution in [3.8, 4) is 5.75 Å². The quantitative estimate of drug-likeness (QED) is 0.874. The Morgan fingerprint density at radius 1 is 1.32 bits per heavy atom. The standard InChI is InChI=1S/C20H25FN2O2/c1-25-20-12-22-18(11-19(20)24)14-23-10-2-3-16(13-23)5-4-15-6-8-17(21)9-7-15/h6-9,11-12,16H,2-5,10,13-14H2,1H3,(H,22,24). The van der Waals surface area contributed by atoms with Gasteiger partial charge < -0.3 is 9.72 Å². The van der Waals surface area contributed by atoms with Crippen LogP contribution in [0.15, 0.2) is 41.3 Å². The van der Waals surface area contributed by atoms with Crippen molar-refractivity contribution < 1.29 is 9.13 Å². The Bertz CT molecular complexity index is 742. The second-order valence-corrected chi connectivity index (χ2v) is 6.80. The molecule has 0 radical (unpaired) electrons. The maximum absolute atomic E-state index is 13.0. The van der Waals surface area contributed by atoms with Crippen LogP contribution in [0.25, 0.3) is 0 Å². The van der Waals surface area contributed by atoms with E-state index in [0.717, 1.165) is 38.2 Å². The van der Waals surface area contributed by atoms with Gasteiger partial charge in [-0.3, -0.25) is 9.69 Å². The van der Waals surface area contributed by atoms with Gasteiger partial charge in [0.25, 0.3) is 0 Å². The molecule has 2 aromatic rings. The molecular formula is C20H25FN2O2.